The largest absolute Gasteiger partial charge is 0.490 e. The van der Waals surface area contributed by atoms with Crippen molar-refractivity contribution in [2.45, 2.75) is 11.8 Å². The highest BCUT2D eigenvalue weighted by Gasteiger charge is 2.22. The summed E-state index contributed by atoms with van der Waals surface area (Å²) >= 11 is 9.21. The number of benzene rings is 3. The summed E-state index contributed by atoms with van der Waals surface area (Å²) in [6, 6.07) is 20.4. The molecule has 3 rings (SSSR count). The third-order valence-electron chi connectivity index (χ3n) is 4.14. The van der Waals surface area contributed by atoms with E-state index in [0.29, 0.717) is 27.2 Å². The number of halogens is 2. The van der Waals surface area contributed by atoms with Crippen molar-refractivity contribution in [3.63, 3.8) is 0 Å². The Labute approximate surface area is 194 Å². The number of ether oxygens (including phenoxy) is 1. The van der Waals surface area contributed by atoms with Gasteiger partial charge in [-0.15, -0.1) is 0 Å². The van der Waals surface area contributed by atoms with Crippen molar-refractivity contribution < 1.29 is 17.3 Å². The van der Waals surface area contributed by atoms with Crippen LogP contribution in [0.1, 0.15) is 18.1 Å². The first kappa shape index (κ1) is 22.9. The third kappa shape index (κ3) is 5.67. The van der Waals surface area contributed by atoms with Crippen LogP contribution in [0, 0.1) is 11.3 Å². The zero-order valence-corrected chi connectivity index (χ0v) is 19.5. The molecule has 0 bridgehead atoms. The number of allylic oxidation sites excluding steroid dienone is 1. The SMILES string of the molecule is CCOc1cc(/C=C(\C#N)c2ccccc2)cc(Br)c1OS(=O)(=O)c1ccc(Cl)cc1. The lowest BCUT2D eigenvalue weighted by Crippen LogP contribution is -2.11. The minimum Gasteiger partial charge on any atom is -0.490 e. The molecule has 0 aliphatic rings. The number of hydrogen-bond acceptors (Lipinski definition) is 5. The number of nitriles is 1. The fourth-order valence-corrected chi connectivity index (χ4v) is 4.47. The Morgan fingerprint density at radius 1 is 1.13 bits per heavy atom. The van der Waals surface area contributed by atoms with Crippen LogP contribution in [-0.4, -0.2) is 15.0 Å². The van der Waals surface area contributed by atoms with E-state index in [0.717, 1.165) is 5.56 Å². The third-order valence-corrected chi connectivity index (χ3v) is 6.22. The highest BCUT2D eigenvalue weighted by Crippen LogP contribution is 2.39. The van der Waals surface area contributed by atoms with Crippen LogP contribution in [0.15, 0.2) is 76.1 Å². The molecule has 8 heteroatoms. The van der Waals surface area contributed by atoms with Crippen LogP contribution in [0.4, 0.5) is 0 Å². The molecule has 0 unspecified atom stereocenters. The second kappa shape index (κ2) is 10.0. The Bertz CT molecular complexity index is 1250. The van der Waals surface area contributed by atoms with Crippen LogP contribution in [0.2, 0.25) is 5.02 Å². The van der Waals surface area contributed by atoms with Crippen LogP contribution >= 0.6 is 27.5 Å². The van der Waals surface area contributed by atoms with Crippen LogP contribution in [0.3, 0.4) is 0 Å². The molecular formula is C23H17BrClNO4S. The van der Waals surface area contributed by atoms with Gasteiger partial charge in [-0.1, -0.05) is 41.9 Å². The average molecular weight is 519 g/mol. The van der Waals surface area contributed by atoms with E-state index in [2.05, 4.69) is 22.0 Å². The molecule has 0 atom stereocenters. The summed E-state index contributed by atoms with van der Waals surface area (Å²) in [6.07, 6.45) is 1.69. The second-order valence-corrected chi connectivity index (χ2v) is 9.13. The van der Waals surface area contributed by atoms with E-state index >= 15 is 0 Å². The van der Waals surface area contributed by atoms with Crippen LogP contribution in [0.5, 0.6) is 11.5 Å². The summed E-state index contributed by atoms with van der Waals surface area (Å²) in [4.78, 5) is -0.0361. The summed E-state index contributed by atoms with van der Waals surface area (Å²) < 4.78 is 36.8. The second-order valence-electron chi connectivity index (χ2n) is 6.29. The van der Waals surface area contributed by atoms with Gasteiger partial charge in [0.15, 0.2) is 11.5 Å². The molecule has 0 fully saturated rings. The van der Waals surface area contributed by atoms with E-state index < -0.39 is 10.1 Å². The Kier molecular flexibility index (Phi) is 7.39. The normalized spacial score (nSPS) is 11.6. The molecular weight excluding hydrogens is 502 g/mol. The number of rotatable bonds is 7. The average Bonchev–Trinajstić information content (AvgIpc) is 2.75. The van der Waals surface area contributed by atoms with E-state index in [1.165, 1.54) is 24.3 Å². The predicted molar refractivity (Wildman–Crippen MR) is 125 cm³/mol. The van der Waals surface area contributed by atoms with Gasteiger partial charge in [-0.3, -0.25) is 0 Å². The molecule has 3 aromatic carbocycles. The first-order valence-corrected chi connectivity index (χ1v) is 11.8. The molecule has 0 saturated carbocycles. The van der Waals surface area contributed by atoms with E-state index in [1.807, 2.05) is 30.3 Å². The predicted octanol–water partition coefficient (Wildman–Crippen LogP) is 6.33. The minimum atomic E-state index is -4.11. The van der Waals surface area contributed by atoms with Crippen molar-refractivity contribution in [3.05, 3.63) is 87.4 Å². The van der Waals surface area contributed by atoms with E-state index in [-0.39, 0.29) is 16.4 Å². The number of nitrogens with zero attached hydrogens (tertiary/aromatic N) is 1. The Morgan fingerprint density at radius 2 is 1.81 bits per heavy atom. The molecule has 31 heavy (non-hydrogen) atoms. The van der Waals surface area contributed by atoms with Crippen molar-refractivity contribution in [2.75, 3.05) is 6.61 Å². The van der Waals surface area contributed by atoms with E-state index in [4.69, 9.17) is 20.5 Å². The topological polar surface area (TPSA) is 76.4 Å². The fraction of sp³-hybridized carbons (Fsp3) is 0.0870. The molecule has 0 heterocycles. The van der Waals surface area contributed by atoms with Gasteiger partial charge in [-0.25, -0.2) is 0 Å². The molecule has 158 valence electrons. The Morgan fingerprint density at radius 3 is 2.42 bits per heavy atom. The fourth-order valence-electron chi connectivity index (χ4n) is 2.74. The quantitative estimate of drug-likeness (QED) is 0.207. The van der Waals surface area contributed by atoms with E-state index in [1.54, 1.807) is 25.1 Å². The van der Waals surface area contributed by atoms with Crippen molar-refractivity contribution in [3.8, 4) is 17.6 Å². The van der Waals surface area contributed by atoms with E-state index in [9.17, 15) is 13.7 Å². The smallest absolute Gasteiger partial charge is 0.339 e. The molecule has 0 amide bonds. The van der Waals surface area contributed by atoms with Crippen LogP contribution < -0.4 is 8.92 Å². The molecule has 0 saturated heterocycles. The zero-order valence-electron chi connectivity index (χ0n) is 16.4. The van der Waals surface area contributed by atoms with Gasteiger partial charge in [0, 0.05) is 5.02 Å². The number of hydrogen-bond donors (Lipinski definition) is 0. The first-order valence-electron chi connectivity index (χ1n) is 9.17. The lowest BCUT2D eigenvalue weighted by Gasteiger charge is -2.15. The van der Waals surface area contributed by atoms with Crippen LogP contribution in [0.25, 0.3) is 11.6 Å². The molecule has 0 radical (unpaired) electrons. The first-order chi connectivity index (χ1) is 14.8. The molecule has 0 aliphatic heterocycles. The van der Waals surface area contributed by atoms with Crippen molar-refractivity contribution in [2.24, 2.45) is 0 Å². The Hall–Kier alpha value is -2.79. The standard InChI is InChI=1S/C23H17BrClNO4S/c1-2-29-22-14-16(12-18(15-26)17-6-4-3-5-7-17)13-21(24)23(22)30-31(27,28)20-10-8-19(25)9-11-20/h3-14H,2H2,1H3/b18-12+. The lowest BCUT2D eigenvalue weighted by atomic mass is 10.0. The highest BCUT2D eigenvalue weighted by atomic mass is 79.9. The van der Waals surface area contributed by atoms with Gasteiger partial charge in [0.1, 0.15) is 4.90 Å². The van der Waals surface area contributed by atoms with Crippen LogP contribution in [-0.2, 0) is 10.1 Å². The molecule has 3 aromatic rings. The van der Waals surface area contributed by atoms with Crippen molar-refractivity contribution >= 4 is 49.3 Å². The van der Waals surface area contributed by atoms with Gasteiger partial charge in [-0.05, 0) is 76.5 Å². The van der Waals surface area contributed by atoms with Gasteiger partial charge in [-0.2, -0.15) is 13.7 Å². The lowest BCUT2D eigenvalue weighted by molar-refractivity contribution is 0.327. The Balaban J connectivity index is 2.02. The molecule has 0 N–H and O–H groups in total. The summed E-state index contributed by atoms with van der Waals surface area (Å²) in [7, 11) is -4.11. The van der Waals surface area contributed by atoms with Gasteiger partial charge < -0.3 is 8.92 Å². The van der Waals surface area contributed by atoms with Gasteiger partial charge in [0.2, 0.25) is 0 Å². The molecule has 0 spiro atoms. The van der Waals surface area contributed by atoms with Crippen molar-refractivity contribution in [1.82, 2.24) is 0 Å². The maximum atomic E-state index is 12.7. The van der Waals surface area contributed by atoms with Gasteiger partial charge >= 0.3 is 10.1 Å². The maximum absolute atomic E-state index is 12.7. The summed E-state index contributed by atoms with van der Waals surface area (Å²) in [5.74, 6) is 0.248. The van der Waals surface area contributed by atoms with Crippen molar-refractivity contribution in [1.29, 1.82) is 5.26 Å². The summed E-state index contributed by atoms with van der Waals surface area (Å²) in [5, 5.41) is 9.98. The highest BCUT2D eigenvalue weighted by molar-refractivity contribution is 9.10. The van der Waals surface area contributed by atoms with Gasteiger partial charge in [0.05, 0.1) is 22.7 Å². The maximum Gasteiger partial charge on any atom is 0.339 e. The van der Waals surface area contributed by atoms with Gasteiger partial charge in [0.25, 0.3) is 0 Å². The molecule has 0 aromatic heterocycles. The monoisotopic (exact) mass is 517 g/mol. The zero-order chi connectivity index (χ0) is 22.4. The molecule has 0 aliphatic carbocycles. The summed E-state index contributed by atoms with van der Waals surface area (Å²) in [6.45, 7) is 2.07. The minimum absolute atomic E-state index is 0.0205. The summed E-state index contributed by atoms with van der Waals surface area (Å²) in [5.41, 5.74) is 1.87. The molecule has 5 nitrogen and oxygen atoms in total.